The normalized spacial score (nSPS) is 21.4. The van der Waals surface area contributed by atoms with Crippen LogP contribution in [0.1, 0.15) is 37.0 Å². The fourth-order valence-corrected chi connectivity index (χ4v) is 4.30. The van der Waals surface area contributed by atoms with Crippen LogP contribution in [0.15, 0.2) is 27.6 Å². The van der Waals surface area contributed by atoms with E-state index in [9.17, 15) is 13.2 Å². The molecule has 1 saturated heterocycles. The van der Waals surface area contributed by atoms with Crippen LogP contribution in [0.5, 0.6) is 0 Å². The van der Waals surface area contributed by atoms with Gasteiger partial charge in [0.25, 0.3) is 0 Å². The first-order chi connectivity index (χ1) is 9.61. The third-order valence-electron chi connectivity index (χ3n) is 3.49. The smallest absolute Gasteiger partial charge is 0.336 e. The first kappa shape index (κ1) is 16.5. The maximum atomic E-state index is 12.4. The largest absolute Gasteiger partial charge is 0.478 e. The number of benzene rings is 1. The van der Waals surface area contributed by atoms with Gasteiger partial charge in [-0.3, -0.25) is 0 Å². The van der Waals surface area contributed by atoms with Crippen LogP contribution in [0, 0.1) is 0 Å². The predicted molar refractivity (Wildman–Crippen MR) is 81.3 cm³/mol. The van der Waals surface area contributed by atoms with Crippen molar-refractivity contribution in [1.82, 2.24) is 0 Å². The van der Waals surface area contributed by atoms with Gasteiger partial charge in [-0.1, -0.05) is 0 Å². The minimum Gasteiger partial charge on any atom is -0.478 e. The molecule has 1 heterocycles. The molecule has 1 aromatic carbocycles. The van der Waals surface area contributed by atoms with Crippen LogP contribution in [0.4, 0.5) is 0 Å². The van der Waals surface area contributed by atoms with E-state index in [1.165, 1.54) is 18.2 Å². The molecule has 1 unspecified atom stereocenters. The molecule has 7 heteroatoms. The van der Waals surface area contributed by atoms with Gasteiger partial charge in [0.15, 0.2) is 9.84 Å². The van der Waals surface area contributed by atoms with Gasteiger partial charge in [-0.15, -0.1) is 0 Å². The Balaban J connectivity index is 2.24. The maximum Gasteiger partial charge on any atom is 0.336 e. The summed E-state index contributed by atoms with van der Waals surface area (Å²) in [7, 11) is -3.58. The molecular formula is C14H17BrO5S. The molecule has 0 aliphatic carbocycles. The number of rotatable bonds is 4. The Labute approximate surface area is 132 Å². The minimum atomic E-state index is -3.58. The zero-order valence-electron chi connectivity index (χ0n) is 11.8. The Kier molecular flexibility index (Phi) is 4.46. The van der Waals surface area contributed by atoms with Gasteiger partial charge in [0.2, 0.25) is 0 Å². The van der Waals surface area contributed by atoms with E-state index in [0.717, 1.165) is 6.42 Å². The van der Waals surface area contributed by atoms with Crippen LogP contribution in [-0.4, -0.2) is 37.0 Å². The van der Waals surface area contributed by atoms with Gasteiger partial charge in [0.1, 0.15) is 0 Å². The number of ether oxygens (including phenoxy) is 1. The molecule has 0 saturated carbocycles. The second-order valence-corrected chi connectivity index (χ2v) is 8.66. The summed E-state index contributed by atoms with van der Waals surface area (Å²) in [6.07, 6.45) is 1.16. The first-order valence-corrected chi connectivity index (χ1v) is 8.99. The number of sulfone groups is 1. The molecule has 1 aromatic rings. The lowest BCUT2D eigenvalue weighted by molar-refractivity contribution is -0.00528. The SMILES string of the molecule is CC1(C)CCC(CS(=O)(=O)c2ccc(Br)c(C(=O)O)c2)O1. The third-order valence-corrected chi connectivity index (χ3v) is 5.96. The Bertz CT molecular complexity index is 666. The number of hydrogen-bond donors (Lipinski definition) is 1. The molecule has 21 heavy (non-hydrogen) atoms. The summed E-state index contributed by atoms with van der Waals surface area (Å²) < 4.78 is 30.9. The predicted octanol–water partition coefficient (Wildman–Crippen LogP) is 2.88. The zero-order chi connectivity index (χ0) is 15.8. The number of carboxylic acids is 1. The summed E-state index contributed by atoms with van der Waals surface area (Å²) in [6, 6.07) is 4.03. The van der Waals surface area contributed by atoms with Crippen LogP contribution in [0.3, 0.4) is 0 Å². The average molecular weight is 377 g/mol. The first-order valence-electron chi connectivity index (χ1n) is 6.54. The molecule has 1 atom stereocenters. The quantitative estimate of drug-likeness (QED) is 0.873. The van der Waals surface area contributed by atoms with Gasteiger partial charge < -0.3 is 9.84 Å². The van der Waals surface area contributed by atoms with E-state index >= 15 is 0 Å². The van der Waals surface area contributed by atoms with E-state index in [0.29, 0.717) is 10.9 Å². The lowest BCUT2D eigenvalue weighted by atomic mass is 10.1. The van der Waals surface area contributed by atoms with Gasteiger partial charge in [0, 0.05) is 4.47 Å². The number of carbonyl (C=O) groups is 1. The van der Waals surface area contributed by atoms with Crippen molar-refractivity contribution in [3.8, 4) is 0 Å². The van der Waals surface area contributed by atoms with Crippen LogP contribution in [0.25, 0.3) is 0 Å². The Morgan fingerprint density at radius 2 is 2.14 bits per heavy atom. The second kappa shape index (κ2) is 5.70. The number of aromatic carboxylic acids is 1. The van der Waals surface area contributed by atoms with Crippen molar-refractivity contribution in [1.29, 1.82) is 0 Å². The fourth-order valence-electron chi connectivity index (χ4n) is 2.40. The maximum absolute atomic E-state index is 12.4. The summed E-state index contributed by atoms with van der Waals surface area (Å²) >= 11 is 3.10. The molecule has 2 rings (SSSR count). The highest BCUT2D eigenvalue weighted by Crippen LogP contribution is 2.31. The van der Waals surface area contributed by atoms with E-state index in [4.69, 9.17) is 9.84 Å². The molecule has 1 aliphatic rings. The summed E-state index contributed by atoms with van der Waals surface area (Å²) in [5, 5.41) is 9.06. The van der Waals surface area contributed by atoms with Crippen molar-refractivity contribution in [2.24, 2.45) is 0 Å². The van der Waals surface area contributed by atoms with E-state index in [1.54, 1.807) is 0 Å². The molecule has 0 radical (unpaired) electrons. The van der Waals surface area contributed by atoms with E-state index < -0.39 is 15.8 Å². The van der Waals surface area contributed by atoms with E-state index in [2.05, 4.69) is 15.9 Å². The molecule has 0 spiro atoms. The Morgan fingerprint density at radius 1 is 1.48 bits per heavy atom. The highest BCUT2D eigenvalue weighted by molar-refractivity contribution is 9.10. The van der Waals surface area contributed by atoms with Crippen LogP contribution >= 0.6 is 15.9 Å². The van der Waals surface area contributed by atoms with Crippen molar-refractivity contribution >= 4 is 31.7 Å². The van der Waals surface area contributed by atoms with Gasteiger partial charge in [0.05, 0.1) is 27.9 Å². The van der Waals surface area contributed by atoms with E-state index in [-0.39, 0.29) is 27.9 Å². The minimum absolute atomic E-state index is 0.0106. The third kappa shape index (κ3) is 3.84. The van der Waals surface area contributed by atoms with Crippen molar-refractivity contribution in [3.05, 3.63) is 28.2 Å². The van der Waals surface area contributed by atoms with Crippen molar-refractivity contribution in [3.63, 3.8) is 0 Å². The zero-order valence-corrected chi connectivity index (χ0v) is 14.2. The van der Waals surface area contributed by atoms with Gasteiger partial charge in [-0.25, -0.2) is 13.2 Å². The standard InChI is InChI=1S/C14H17BrO5S/c1-14(2)6-5-9(20-14)8-21(18,19)10-3-4-12(15)11(7-10)13(16)17/h3-4,7,9H,5-6,8H2,1-2H3,(H,16,17). The summed E-state index contributed by atoms with van der Waals surface area (Å²) in [5.74, 6) is -1.30. The average Bonchev–Trinajstić information content (AvgIpc) is 2.67. The molecule has 1 N–H and O–H groups in total. The Hall–Kier alpha value is -0.920. The van der Waals surface area contributed by atoms with Crippen molar-refractivity contribution in [2.45, 2.75) is 43.3 Å². The number of carboxylic acid groups (broad SMARTS) is 1. The van der Waals surface area contributed by atoms with Crippen LogP contribution < -0.4 is 0 Å². The fraction of sp³-hybridized carbons (Fsp3) is 0.500. The molecule has 0 amide bonds. The molecule has 0 aromatic heterocycles. The molecule has 5 nitrogen and oxygen atoms in total. The molecular weight excluding hydrogens is 360 g/mol. The molecule has 116 valence electrons. The van der Waals surface area contributed by atoms with E-state index in [1.807, 2.05) is 13.8 Å². The van der Waals surface area contributed by atoms with Crippen molar-refractivity contribution < 1.29 is 23.1 Å². The monoisotopic (exact) mass is 376 g/mol. The summed E-state index contributed by atoms with van der Waals surface area (Å²) in [4.78, 5) is 11.1. The second-order valence-electron chi connectivity index (χ2n) is 5.77. The Morgan fingerprint density at radius 3 is 2.67 bits per heavy atom. The highest BCUT2D eigenvalue weighted by Gasteiger charge is 2.35. The van der Waals surface area contributed by atoms with Gasteiger partial charge in [-0.2, -0.15) is 0 Å². The molecule has 1 fully saturated rings. The lowest BCUT2D eigenvalue weighted by Gasteiger charge is -2.19. The molecule has 1 aliphatic heterocycles. The van der Waals surface area contributed by atoms with Gasteiger partial charge >= 0.3 is 5.97 Å². The van der Waals surface area contributed by atoms with Gasteiger partial charge in [-0.05, 0) is 60.8 Å². The van der Waals surface area contributed by atoms with Crippen molar-refractivity contribution in [2.75, 3.05) is 5.75 Å². The number of halogens is 1. The molecule has 0 bridgehead atoms. The highest BCUT2D eigenvalue weighted by atomic mass is 79.9. The topological polar surface area (TPSA) is 80.7 Å². The number of hydrogen-bond acceptors (Lipinski definition) is 4. The lowest BCUT2D eigenvalue weighted by Crippen LogP contribution is -2.25. The summed E-state index contributed by atoms with van der Waals surface area (Å²) in [5.41, 5.74) is -0.365. The van der Waals surface area contributed by atoms with Crippen LogP contribution in [-0.2, 0) is 14.6 Å². The summed E-state index contributed by atoms with van der Waals surface area (Å²) in [6.45, 7) is 3.86. The van der Waals surface area contributed by atoms with Crippen LogP contribution in [0.2, 0.25) is 0 Å².